The van der Waals surface area contributed by atoms with Crippen molar-refractivity contribution in [2.45, 2.75) is 77.5 Å². The molecule has 4 aliphatic carbocycles. The maximum absolute atomic E-state index is 14.1. The fourth-order valence-electron chi connectivity index (χ4n) is 6.71. The predicted octanol–water partition coefficient (Wildman–Crippen LogP) is 4.65. The SMILES string of the molecule is C[C@]12CC[C@@H]3[C@@H](CC=C4CCC(O)C[C@@]43C)[C@@H]1CC(F)C2. The highest BCUT2D eigenvalue weighted by molar-refractivity contribution is 5.25. The lowest BCUT2D eigenvalue weighted by molar-refractivity contribution is -0.0450. The van der Waals surface area contributed by atoms with Gasteiger partial charge in [0.05, 0.1) is 6.10 Å². The van der Waals surface area contributed by atoms with E-state index < -0.39 is 6.17 Å². The number of aliphatic hydroxyl groups excluding tert-OH is 1. The second-order valence-corrected chi connectivity index (χ2v) is 8.89. The first-order valence-electron chi connectivity index (χ1n) is 8.94. The molecule has 0 aromatic carbocycles. The number of hydrogen-bond donors (Lipinski definition) is 1. The van der Waals surface area contributed by atoms with Crippen molar-refractivity contribution in [3.8, 4) is 0 Å². The van der Waals surface area contributed by atoms with Gasteiger partial charge in [-0.25, -0.2) is 4.39 Å². The average molecular weight is 292 g/mol. The van der Waals surface area contributed by atoms with Crippen LogP contribution in [0.1, 0.15) is 65.2 Å². The molecule has 4 rings (SSSR count). The molecule has 4 aliphatic rings. The molecule has 0 saturated heterocycles. The van der Waals surface area contributed by atoms with E-state index in [1.165, 1.54) is 19.3 Å². The van der Waals surface area contributed by atoms with Gasteiger partial charge in [-0.15, -0.1) is 0 Å². The van der Waals surface area contributed by atoms with Crippen LogP contribution in [-0.2, 0) is 0 Å². The van der Waals surface area contributed by atoms with E-state index in [0.717, 1.165) is 32.1 Å². The monoisotopic (exact) mass is 292 g/mol. The van der Waals surface area contributed by atoms with E-state index in [-0.39, 0.29) is 16.9 Å². The Balaban J connectivity index is 1.68. The number of allylic oxidation sites excluding steroid dienone is 2. The molecular formula is C19H29FO. The van der Waals surface area contributed by atoms with E-state index in [2.05, 4.69) is 19.9 Å². The van der Waals surface area contributed by atoms with Crippen LogP contribution in [0.15, 0.2) is 11.6 Å². The third-order valence-corrected chi connectivity index (χ3v) is 7.75. The first kappa shape index (κ1) is 14.2. The smallest absolute Gasteiger partial charge is 0.101 e. The van der Waals surface area contributed by atoms with E-state index in [0.29, 0.717) is 17.8 Å². The highest BCUT2D eigenvalue weighted by atomic mass is 19.1. The topological polar surface area (TPSA) is 20.2 Å². The van der Waals surface area contributed by atoms with Crippen LogP contribution in [0.5, 0.6) is 0 Å². The maximum atomic E-state index is 14.1. The minimum Gasteiger partial charge on any atom is -0.393 e. The number of alkyl halides is 1. The van der Waals surface area contributed by atoms with E-state index in [9.17, 15) is 9.50 Å². The van der Waals surface area contributed by atoms with E-state index >= 15 is 0 Å². The van der Waals surface area contributed by atoms with E-state index in [1.54, 1.807) is 5.57 Å². The molecule has 0 aliphatic heterocycles. The molecule has 21 heavy (non-hydrogen) atoms. The van der Waals surface area contributed by atoms with Crippen LogP contribution in [-0.4, -0.2) is 17.4 Å². The number of hydrogen-bond acceptors (Lipinski definition) is 1. The molecule has 0 bridgehead atoms. The maximum Gasteiger partial charge on any atom is 0.101 e. The standard InChI is InChI=1S/C19H29FO/c1-18-8-7-16-15(17(18)9-13(20)10-18)6-4-12-3-5-14(21)11-19(12,16)2/h4,13-17,21H,3,5-11H2,1-2H3/t13?,14?,15-,16-,17+,18-,19+/m1/s1. The fourth-order valence-corrected chi connectivity index (χ4v) is 6.71. The zero-order valence-corrected chi connectivity index (χ0v) is 13.4. The van der Waals surface area contributed by atoms with Gasteiger partial charge < -0.3 is 5.11 Å². The largest absolute Gasteiger partial charge is 0.393 e. The number of halogens is 1. The summed E-state index contributed by atoms with van der Waals surface area (Å²) < 4.78 is 14.1. The summed E-state index contributed by atoms with van der Waals surface area (Å²) in [5.41, 5.74) is 2.04. The summed E-state index contributed by atoms with van der Waals surface area (Å²) in [6.45, 7) is 4.73. The van der Waals surface area contributed by atoms with Gasteiger partial charge in [-0.05, 0) is 80.0 Å². The predicted molar refractivity (Wildman–Crippen MR) is 82.6 cm³/mol. The van der Waals surface area contributed by atoms with E-state index in [1.807, 2.05) is 0 Å². The van der Waals surface area contributed by atoms with Crippen molar-refractivity contribution in [3.05, 3.63) is 11.6 Å². The Morgan fingerprint density at radius 2 is 2.00 bits per heavy atom. The third kappa shape index (κ3) is 1.97. The average Bonchev–Trinajstić information content (AvgIpc) is 2.72. The quantitative estimate of drug-likeness (QED) is 0.644. The van der Waals surface area contributed by atoms with Crippen LogP contribution in [0, 0.1) is 28.6 Å². The van der Waals surface area contributed by atoms with Crippen LogP contribution in [0.25, 0.3) is 0 Å². The fraction of sp³-hybridized carbons (Fsp3) is 0.895. The van der Waals surface area contributed by atoms with Gasteiger partial charge in [0.1, 0.15) is 6.17 Å². The summed E-state index contributed by atoms with van der Waals surface area (Å²) in [5, 5.41) is 10.2. The normalized spacial score (nSPS) is 56.2. The van der Waals surface area contributed by atoms with Crippen LogP contribution in [0.3, 0.4) is 0 Å². The Bertz CT molecular complexity index is 472. The molecule has 1 nitrogen and oxygen atoms in total. The Labute approximate surface area is 128 Å². The Morgan fingerprint density at radius 1 is 1.19 bits per heavy atom. The zero-order chi connectivity index (χ0) is 14.8. The lowest BCUT2D eigenvalue weighted by atomic mass is 9.48. The van der Waals surface area contributed by atoms with Crippen molar-refractivity contribution in [1.29, 1.82) is 0 Å². The Hall–Kier alpha value is -0.370. The van der Waals surface area contributed by atoms with Gasteiger partial charge >= 0.3 is 0 Å². The molecule has 0 amide bonds. The molecule has 2 heteroatoms. The van der Waals surface area contributed by atoms with Crippen molar-refractivity contribution in [2.75, 3.05) is 0 Å². The number of rotatable bonds is 0. The van der Waals surface area contributed by atoms with Gasteiger partial charge in [-0.3, -0.25) is 0 Å². The van der Waals surface area contributed by atoms with Crippen LogP contribution in [0.2, 0.25) is 0 Å². The van der Waals surface area contributed by atoms with Crippen molar-refractivity contribution >= 4 is 0 Å². The molecule has 118 valence electrons. The highest BCUT2D eigenvalue weighted by Gasteiger charge is 2.57. The van der Waals surface area contributed by atoms with Gasteiger partial charge in [0.15, 0.2) is 0 Å². The number of aliphatic hydroxyl groups is 1. The highest BCUT2D eigenvalue weighted by Crippen LogP contribution is 2.65. The van der Waals surface area contributed by atoms with Gasteiger partial charge in [0.25, 0.3) is 0 Å². The summed E-state index contributed by atoms with van der Waals surface area (Å²) in [7, 11) is 0. The number of fused-ring (bicyclic) bond motifs is 5. The van der Waals surface area contributed by atoms with Crippen molar-refractivity contribution in [2.24, 2.45) is 28.6 Å². The van der Waals surface area contributed by atoms with Crippen LogP contribution < -0.4 is 0 Å². The molecule has 0 heterocycles. The Kier molecular flexibility index (Phi) is 3.10. The first-order valence-corrected chi connectivity index (χ1v) is 8.94. The summed E-state index contributed by atoms with van der Waals surface area (Å²) in [4.78, 5) is 0. The lowest BCUT2D eigenvalue weighted by Gasteiger charge is -2.57. The molecular weight excluding hydrogens is 263 g/mol. The van der Waals surface area contributed by atoms with Gasteiger partial charge in [0.2, 0.25) is 0 Å². The molecule has 0 aromatic rings. The lowest BCUT2D eigenvalue weighted by Crippen LogP contribution is -2.49. The third-order valence-electron chi connectivity index (χ3n) is 7.75. The minimum absolute atomic E-state index is 0.128. The molecule has 0 radical (unpaired) electrons. The summed E-state index contributed by atoms with van der Waals surface area (Å²) >= 11 is 0. The first-order chi connectivity index (χ1) is 9.92. The van der Waals surface area contributed by atoms with Gasteiger partial charge in [0, 0.05) is 0 Å². The zero-order valence-electron chi connectivity index (χ0n) is 13.4. The molecule has 2 unspecified atom stereocenters. The van der Waals surface area contributed by atoms with Crippen molar-refractivity contribution in [1.82, 2.24) is 0 Å². The molecule has 0 aromatic heterocycles. The van der Waals surface area contributed by atoms with E-state index in [4.69, 9.17) is 0 Å². The molecule has 0 spiro atoms. The Morgan fingerprint density at radius 3 is 2.81 bits per heavy atom. The van der Waals surface area contributed by atoms with Crippen molar-refractivity contribution < 1.29 is 9.50 Å². The minimum atomic E-state index is -0.575. The van der Waals surface area contributed by atoms with Gasteiger partial charge in [-0.1, -0.05) is 25.5 Å². The summed E-state index contributed by atoms with van der Waals surface area (Å²) in [6, 6.07) is 0. The molecule has 1 N–H and O–H groups in total. The molecule has 3 saturated carbocycles. The second kappa shape index (κ2) is 4.57. The van der Waals surface area contributed by atoms with Crippen molar-refractivity contribution in [3.63, 3.8) is 0 Å². The van der Waals surface area contributed by atoms with Crippen LogP contribution in [0.4, 0.5) is 4.39 Å². The molecule has 7 atom stereocenters. The molecule has 3 fully saturated rings. The summed E-state index contributed by atoms with van der Waals surface area (Å²) in [5.74, 6) is 1.90. The second-order valence-electron chi connectivity index (χ2n) is 8.89. The summed E-state index contributed by atoms with van der Waals surface area (Å²) in [6.07, 6.45) is 9.90. The van der Waals surface area contributed by atoms with Gasteiger partial charge in [-0.2, -0.15) is 0 Å². The van der Waals surface area contributed by atoms with Crippen LogP contribution >= 0.6 is 0 Å².